The third-order valence-corrected chi connectivity index (χ3v) is 3.53. The van der Waals surface area contributed by atoms with Crippen molar-refractivity contribution in [1.29, 1.82) is 5.41 Å². The van der Waals surface area contributed by atoms with Crippen LogP contribution in [0.4, 0.5) is 5.82 Å². The lowest BCUT2D eigenvalue weighted by molar-refractivity contribution is 0.607. The Bertz CT molecular complexity index is 645. The molecule has 1 aliphatic carbocycles. The van der Waals surface area contributed by atoms with E-state index in [2.05, 4.69) is 45.9 Å². The summed E-state index contributed by atoms with van der Waals surface area (Å²) in [5, 5.41) is 10.3. The highest BCUT2D eigenvalue weighted by molar-refractivity contribution is 5.83. The second-order valence-electron chi connectivity index (χ2n) is 5.36. The van der Waals surface area contributed by atoms with Gasteiger partial charge >= 0.3 is 0 Å². The van der Waals surface area contributed by atoms with Gasteiger partial charge in [-0.25, -0.2) is 4.98 Å². The second kappa shape index (κ2) is 11.1. The van der Waals surface area contributed by atoms with Crippen molar-refractivity contribution in [3.8, 4) is 0 Å². The smallest absolute Gasteiger partial charge is 0.261 e. The largest absolute Gasteiger partial charge is 0.350 e. The van der Waals surface area contributed by atoms with Gasteiger partial charge in [0.25, 0.3) is 5.56 Å². The van der Waals surface area contributed by atoms with E-state index in [1.807, 2.05) is 13.0 Å². The fourth-order valence-electron chi connectivity index (χ4n) is 2.22. The number of nitrogens with one attached hydrogen (secondary N) is 3. The van der Waals surface area contributed by atoms with Gasteiger partial charge in [-0.1, -0.05) is 25.2 Å². The predicted molar refractivity (Wildman–Crippen MR) is 101 cm³/mol. The van der Waals surface area contributed by atoms with Gasteiger partial charge in [0.2, 0.25) is 0 Å². The fourth-order valence-corrected chi connectivity index (χ4v) is 2.22. The van der Waals surface area contributed by atoms with Gasteiger partial charge in [-0.3, -0.25) is 9.79 Å². The molecule has 0 aliphatic heterocycles. The SMILES string of the molecule is C/C=N\CNc1nc(CC2C=CCC2)[nH]c(=O)c1C=N.C=CCC. The second-order valence-corrected chi connectivity index (χ2v) is 5.36. The summed E-state index contributed by atoms with van der Waals surface area (Å²) in [7, 11) is 0. The number of H-pyrrole nitrogens is 1. The van der Waals surface area contributed by atoms with E-state index in [4.69, 9.17) is 5.41 Å². The summed E-state index contributed by atoms with van der Waals surface area (Å²) in [6.45, 7) is 7.71. The van der Waals surface area contributed by atoms with Crippen LogP contribution in [-0.2, 0) is 6.42 Å². The van der Waals surface area contributed by atoms with E-state index in [0.29, 0.717) is 24.2 Å². The van der Waals surface area contributed by atoms with E-state index in [-0.39, 0.29) is 11.1 Å². The molecule has 1 aromatic rings. The van der Waals surface area contributed by atoms with Crippen molar-refractivity contribution >= 4 is 18.2 Å². The number of anilines is 1. The molecule has 1 heterocycles. The molecule has 1 aliphatic rings. The molecular weight excluding hydrogens is 302 g/mol. The Balaban J connectivity index is 0.000000648. The minimum Gasteiger partial charge on any atom is -0.350 e. The molecule has 0 saturated carbocycles. The van der Waals surface area contributed by atoms with Crippen LogP contribution in [0.3, 0.4) is 0 Å². The molecule has 0 bridgehead atoms. The van der Waals surface area contributed by atoms with Crippen LogP contribution >= 0.6 is 0 Å². The number of hydrogen-bond donors (Lipinski definition) is 3. The van der Waals surface area contributed by atoms with Gasteiger partial charge in [-0.15, -0.1) is 6.58 Å². The van der Waals surface area contributed by atoms with E-state index < -0.39 is 0 Å². The molecule has 0 spiro atoms. The number of hydrogen-bond acceptors (Lipinski definition) is 5. The van der Waals surface area contributed by atoms with Crippen LogP contribution in [-0.4, -0.2) is 29.1 Å². The Kier molecular flexibility index (Phi) is 9.04. The number of rotatable bonds is 7. The van der Waals surface area contributed by atoms with Crippen molar-refractivity contribution in [3.63, 3.8) is 0 Å². The highest BCUT2D eigenvalue weighted by atomic mass is 16.1. The maximum atomic E-state index is 12.0. The topological polar surface area (TPSA) is 94.0 Å². The van der Waals surface area contributed by atoms with Crippen LogP contribution in [0, 0.1) is 11.3 Å². The van der Waals surface area contributed by atoms with E-state index in [1.165, 1.54) is 0 Å². The first-order valence-electron chi connectivity index (χ1n) is 8.25. The van der Waals surface area contributed by atoms with Crippen molar-refractivity contribution in [2.75, 3.05) is 12.0 Å². The van der Waals surface area contributed by atoms with Gasteiger partial charge in [-0.2, -0.15) is 0 Å². The molecule has 6 heteroatoms. The lowest BCUT2D eigenvalue weighted by Crippen LogP contribution is -2.21. The highest BCUT2D eigenvalue weighted by Gasteiger charge is 2.14. The predicted octanol–water partition coefficient (Wildman–Crippen LogP) is 3.32. The van der Waals surface area contributed by atoms with Gasteiger partial charge < -0.3 is 15.7 Å². The molecule has 3 N–H and O–H groups in total. The molecule has 1 unspecified atom stereocenters. The summed E-state index contributed by atoms with van der Waals surface area (Å²) >= 11 is 0. The maximum Gasteiger partial charge on any atom is 0.261 e. The van der Waals surface area contributed by atoms with Gasteiger partial charge in [0.05, 0.1) is 5.56 Å². The molecule has 1 aromatic heterocycles. The fraction of sp³-hybridized carbons (Fsp3) is 0.444. The van der Waals surface area contributed by atoms with Crippen molar-refractivity contribution in [2.24, 2.45) is 10.9 Å². The van der Waals surface area contributed by atoms with Crippen molar-refractivity contribution in [1.82, 2.24) is 9.97 Å². The van der Waals surface area contributed by atoms with Gasteiger partial charge in [0.15, 0.2) is 0 Å². The standard InChI is InChI=1S/C14H19N5O.C4H8/c1-2-16-9-17-13-11(8-15)14(20)19-12(18-13)7-10-5-3-4-6-10;1-3-4-2/h2-3,5,8,10,15H,4,6-7,9H2,1H3,(H2,17,18,19,20);3H,1,4H2,2H3/b15-8?,16-2-;. The average molecular weight is 329 g/mol. The molecule has 0 fully saturated rings. The summed E-state index contributed by atoms with van der Waals surface area (Å²) in [6.07, 6.45) is 12.9. The highest BCUT2D eigenvalue weighted by Crippen LogP contribution is 2.20. The first-order chi connectivity index (χ1) is 11.7. The Hall–Kier alpha value is -2.50. The van der Waals surface area contributed by atoms with Gasteiger partial charge in [0, 0.05) is 12.6 Å². The monoisotopic (exact) mass is 329 g/mol. The zero-order chi connectivity index (χ0) is 17.8. The van der Waals surface area contributed by atoms with Crippen LogP contribution < -0.4 is 10.9 Å². The number of nitrogens with zero attached hydrogens (tertiary/aromatic N) is 2. The Labute approximate surface area is 143 Å². The summed E-state index contributed by atoms with van der Waals surface area (Å²) in [5.41, 5.74) is -0.0445. The quantitative estimate of drug-likeness (QED) is 0.529. The lowest BCUT2D eigenvalue weighted by atomic mass is 10.1. The van der Waals surface area contributed by atoms with E-state index in [9.17, 15) is 4.79 Å². The molecule has 6 nitrogen and oxygen atoms in total. The Morgan fingerprint density at radius 2 is 2.33 bits per heavy atom. The van der Waals surface area contributed by atoms with Crippen LogP contribution in [0.5, 0.6) is 0 Å². The van der Waals surface area contributed by atoms with E-state index >= 15 is 0 Å². The molecule has 0 amide bonds. The van der Waals surface area contributed by atoms with Crippen LogP contribution in [0.2, 0.25) is 0 Å². The van der Waals surface area contributed by atoms with Crippen molar-refractivity contribution in [3.05, 3.63) is 46.5 Å². The Morgan fingerprint density at radius 3 is 2.88 bits per heavy atom. The number of allylic oxidation sites excluding steroid dienone is 3. The number of aromatic nitrogens is 2. The Morgan fingerprint density at radius 1 is 1.58 bits per heavy atom. The van der Waals surface area contributed by atoms with Crippen molar-refractivity contribution in [2.45, 2.75) is 39.5 Å². The molecule has 0 aromatic carbocycles. The summed E-state index contributed by atoms with van der Waals surface area (Å²) in [5.74, 6) is 1.51. The zero-order valence-corrected chi connectivity index (χ0v) is 14.5. The van der Waals surface area contributed by atoms with Crippen LogP contribution in [0.25, 0.3) is 0 Å². The first kappa shape index (κ1) is 19.5. The third-order valence-electron chi connectivity index (χ3n) is 3.53. The molecule has 130 valence electrons. The molecule has 24 heavy (non-hydrogen) atoms. The summed E-state index contributed by atoms with van der Waals surface area (Å²) < 4.78 is 0. The van der Waals surface area contributed by atoms with E-state index in [0.717, 1.165) is 31.9 Å². The summed E-state index contributed by atoms with van der Waals surface area (Å²) in [4.78, 5) is 23.2. The average Bonchev–Trinajstić information content (AvgIpc) is 3.08. The third kappa shape index (κ3) is 6.32. The van der Waals surface area contributed by atoms with Gasteiger partial charge in [0.1, 0.15) is 18.3 Å². The number of aliphatic imine (C=N–C) groups is 1. The number of aromatic amines is 1. The minimum absolute atomic E-state index is 0.238. The van der Waals surface area contributed by atoms with Crippen molar-refractivity contribution < 1.29 is 0 Å². The summed E-state index contributed by atoms with van der Waals surface area (Å²) in [6, 6.07) is 0. The van der Waals surface area contributed by atoms with E-state index in [1.54, 1.807) is 6.21 Å². The molecule has 1 atom stereocenters. The lowest BCUT2D eigenvalue weighted by Gasteiger charge is -2.10. The molecule has 0 saturated heterocycles. The van der Waals surface area contributed by atoms with Crippen LogP contribution in [0.1, 0.15) is 44.5 Å². The molecule has 2 rings (SSSR count). The zero-order valence-electron chi connectivity index (χ0n) is 14.5. The maximum absolute atomic E-state index is 12.0. The molecular formula is C18H27N5O. The molecule has 0 radical (unpaired) electrons. The van der Waals surface area contributed by atoms with Crippen LogP contribution in [0.15, 0.2) is 34.6 Å². The normalized spacial score (nSPS) is 15.8. The first-order valence-corrected chi connectivity index (χ1v) is 8.25. The minimum atomic E-state index is -0.282. The van der Waals surface area contributed by atoms with Gasteiger partial charge in [-0.05, 0) is 38.3 Å².